The predicted octanol–water partition coefficient (Wildman–Crippen LogP) is 2.67. The van der Waals surface area contributed by atoms with Crippen LogP contribution in [0.3, 0.4) is 0 Å². The Morgan fingerprint density at radius 2 is 2.00 bits per heavy atom. The lowest BCUT2D eigenvalue weighted by Crippen LogP contribution is -2.05. The van der Waals surface area contributed by atoms with Crippen LogP contribution in [0.1, 0.15) is 15.9 Å². The van der Waals surface area contributed by atoms with Crippen molar-refractivity contribution in [2.24, 2.45) is 0 Å². The van der Waals surface area contributed by atoms with Crippen LogP contribution in [-0.4, -0.2) is 13.1 Å². The smallest absolute Gasteiger partial charge is 0.337 e. The molecule has 0 radical (unpaired) electrons. The molecule has 3 N–H and O–H groups in total. The summed E-state index contributed by atoms with van der Waals surface area (Å²) >= 11 is 0. The lowest BCUT2D eigenvalue weighted by molar-refractivity contribution is 0.0601. The van der Waals surface area contributed by atoms with Gasteiger partial charge in [0.15, 0.2) is 0 Å². The van der Waals surface area contributed by atoms with Gasteiger partial charge in [-0.25, -0.2) is 4.79 Å². The number of esters is 1. The normalized spacial score (nSPS) is 9.95. The van der Waals surface area contributed by atoms with Crippen molar-refractivity contribution in [2.45, 2.75) is 6.54 Å². The van der Waals surface area contributed by atoms with Gasteiger partial charge in [-0.05, 0) is 29.8 Å². The zero-order valence-electron chi connectivity index (χ0n) is 10.7. The van der Waals surface area contributed by atoms with Crippen molar-refractivity contribution in [3.8, 4) is 0 Å². The van der Waals surface area contributed by atoms with E-state index >= 15 is 0 Å². The molecule has 0 aliphatic heterocycles. The number of benzene rings is 2. The summed E-state index contributed by atoms with van der Waals surface area (Å²) in [5.41, 5.74) is 9.01. The number of methoxy groups -OCH3 is 1. The average molecular weight is 256 g/mol. The minimum Gasteiger partial charge on any atom is -0.465 e. The first-order chi connectivity index (χ1) is 9.20. The van der Waals surface area contributed by atoms with Gasteiger partial charge in [-0.15, -0.1) is 0 Å². The number of para-hydroxylation sites is 1. The van der Waals surface area contributed by atoms with Crippen molar-refractivity contribution in [1.29, 1.82) is 0 Å². The molecule has 0 bridgehead atoms. The van der Waals surface area contributed by atoms with E-state index in [1.807, 2.05) is 36.4 Å². The van der Waals surface area contributed by atoms with Crippen LogP contribution in [0.4, 0.5) is 11.4 Å². The summed E-state index contributed by atoms with van der Waals surface area (Å²) in [7, 11) is 1.37. The minimum absolute atomic E-state index is 0.345. The molecule has 2 rings (SSSR count). The topological polar surface area (TPSA) is 64.3 Å². The predicted molar refractivity (Wildman–Crippen MR) is 76.0 cm³/mol. The molecule has 0 amide bonds. The highest BCUT2D eigenvalue weighted by Gasteiger charge is 2.05. The quantitative estimate of drug-likeness (QED) is 0.652. The van der Waals surface area contributed by atoms with Gasteiger partial charge < -0.3 is 15.8 Å². The maximum Gasteiger partial charge on any atom is 0.337 e. The number of hydrogen-bond donors (Lipinski definition) is 2. The van der Waals surface area contributed by atoms with Crippen molar-refractivity contribution in [1.82, 2.24) is 0 Å². The maximum absolute atomic E-state index is 11.4. The van der Waals surface area contributed by atoms with Crippen LogP contribution in [0.2, 0.25) is 0 Å². The van der Waals surface area contributed by atoms with Crippen molar-refractivity contribution >= 4 is 17.3 Å². The van der Waals surface area contributed by atoms with Gasteiger partial charge in [0.1, 0.15) is 0 Å². The molecule has 0 unspecified atom stereocenters. The van der Waals surface area contributed by atoms with Crippen LogP contribution in [0.25, 0.3) is 0 Å². The Kier molecular flexibility index (Phi) is 4.03. The molecule has 0 fully saturated rings. The molecule has 2 aromatic rings. The van der Waals surface area contributed by atoms with E-state index < -0.39 is 0 Å². The number of anilines is 2. The lowest BCUT2D eigenvalue weighted by Gasteiger charge is -2.09. The monoisotopic (exact) mass is 256 g/mol. The van der Waals surface area contributed by atoms with Crippen LogP contribution in [-0.2, 0) is 11.3 Å². The van der Waals surface area contributed by atoms with Gasteiger partial charge in [-0.1, -0.05) is 24.3 Å². The highest BCUT2D eigenvalue weighted by molar-refractivity contribution is 5.90. The van der Waals surface area contributed by atoms with E-state index in [1.54, 1.807) is 12.1 Å². The van der Waals surface area contributed by atoms with Gasteiger partial charge in [0.25, 0.3) is 0 Å². The largest absolute Gasteiger partial charge is 0.465 e. The number of carbonyl (C=O) groups excluding carboxylic acids is 1. The Morgan fingerprint density at radius 3 is 2.74 bits per heavy atom. The van der Waals surface area contributed by atoms with E-state index in [2.05, 4.69) is 10.1 Å². The molecule has 0 saturated carbocycles. The molecular formula is C15H16N2O2. The van der Waals surface area contributed by atoms with Crippen LogP contribution < -0.4 is 11.1 Å². The molecule has 0 spiro atoms. The molecule has 0 saturated heterocycles. The summed E-state index contributed by atoms with van der Waals surface area (Å²) in [5, 5.41) is 3.23. The molecule has 0 heterocycles. The summed E-state index contributed by atoms with van der Waals surface area (Å²) in [6.07, 6.45) is 0. The van der Waals surface area contributed by atoms with Crippen LogP contribution >= 0.6 is 0 Å². The van der Waals surface area contributed by atoms with E-state index in [4.69, 9.17) is 5.73 Å². The third-order valence-electron chi connectivity index (χ3n) is 2.82. The van der Waals surface area contributed by atoms with Gasteiger partial charge in [0.05, 0.1) is 12.7 Å². The second kappa shape index (κ2) is 5.91. The molecular weight excluding hydrogens is 240 g/mol. The fraction of sp³-hybridized carbons (Fsp3) is 0.133. The summed E-state index contributed by atoms with van der Waals surface area (Å²) in [5.74, 6) is -0.345. The van der Waals surface area contributed by atoms with Gasteiger partial charge >= 0.3 is 5.97 Å². The standard InChI is InChI=1S/C15H16N2O2/c1-19-15(18)11-6-4-7-13(9-11)17-10-12-5-2-3-8-14(12)16/h2-9,17H,10,16H2,1H3. The van der Waals surface area contributed by atoms with Crippen LogP contribution in [0.15, 0.2) is 48.5 Å². The fourth-order valence-electron chi connectivity index (χ4n) is 1.77. The molecule has 0 atom stereocenters. The van der Waals surface area contributed by atoms with E-state index in [-0.39, 0.29) is 5.97 Å². The van der Waals surface area contributed by atoms with Crippen LogP contribution in [0, 0.1) is 0 Å². The molecule has 2 aromatic carbocycles. The number of nitrogens with two attached hydrogens (primary N) is 1. The average Bonchev–Trinajstić information content (AvgIpc) is 2.46. The molecule has 0 aliphatic carbocycles. The Bertz CT molecular complexity index is 582. The molecule has 4 heteroatoms. The lowest BCUT2D eigenvalue weighted by atomic mass is 10.1. The van der Waals surface area contributed by atoms with Crippen molar-refractivity contribution in [3.63, 3.8) is 0 Å². The fourth-order valence-corrected chi connectivity index (χ4v) is 1.77. The second-order valence-electron chi connectivity index (χ2n) is 4.12. The first kappa shape index (κ1) is 13.0. The second-order valence-corrected chi connectivity index (χ2v) is 4.12. The highest BCUT2D eigenvalue weighted by Crippen LogP contribution is 2.15. The Morgan fingerprint density at radius 1 is 1.21 bits per heavy atom. The number of carbonyl (C=O) groups is 1. The molecule has 4 nitrogen and oxygen atoms in total. The summed E-state index contributed by atoms with van der Waals surface area (Å²) in [6.45, 7) is 0.608. The van der Waals surface area contributed by atoms with E-state index in [0.29, 0.717) is 12.1 Å². The maximum atomic E-state index is 11.4. The van der Waals surface area contributed by atoms with Gasteiger partial charge in [0, 0.05) is 17.9 Å². The SMILES string of the molecule is COC(=O)c1cccc(NCc2ccccc2N)c1. The number of ether oxygens (including phenoxy) is 1. The molecule has 0 aliphatic rings. The third kappa shape index (κ3) is 3.25. The zero-order chi connectivity index (χ0) is 13.7. The van der Waals surface area contributed by atoms with Crippen molar-refractivity contribution < 1.29 is 9.53 Å². The van der Waals surface area contributed by atoms with E-state index in [0.717, 1.165) is 16.9 Å². The molecule has 98 valence electrons. The third-order valence-corrected chi connectivity index (χ3v) is 2.82. The zero-order valence-corrected chi connectivity index (χ0v) is 10.7. The first-order valence-electron chi connectivity index (χ1n) is 5.96. The van der Waals surface area contributed by atoms with E-state index in [9.17, 15) is 4.79 Å². The molecule has 19 heavy (non-hydrogen) atoms. The number of nitrogens with one attached hydrogen (secondary N) is 1. The Hall–Kier alpha value is -2.49. The first-order valence-corrected chi connectivity index (χ1v) is 5.96. The number of rotatable bonds is 4. The van der Waals surface area contributed by atoms with E-state index in [1.165, 1.54) is 7.11 Å². The minimum atomic E-state index is -0.345. The Labute approximate surface area is 112 Å². The van der Waals surface area contributed by atoms with Gasteiger partial charge in [0.2, 0.25) is 0 Å². The Balaban J connectivity index is 2.08. The van der Waals surface area contributed by atoms with Crippen molar-refractivity contribution in [2.75, 3.05) is 18.2 Å². The van der Waals surface area contributed by atoms with Gasteiger partial charge in [-0.2, -0.15) is 0 Å². The summed E-state index contributed by atoms with van der Waals surface area (Å²) in [4.78, 5) is 11.4. The number of nitrogen functional groups attached to an aromatic ring is 1. The van der Waals surface area contributed by atoms with Crippen molar-refractivity contribution in [3.05, 3.63) is 59.7 Å². The number of hydrogen-bond acceptors (Lipinski definition) is 4. The summed E-state index contributed by atoms with van der Waals surface area (Å²) in [6, 6.07) is 14.8. The van der Waals surface area contributed by atoms with Gasteiger partial charge in [-0.3, -0.25) is 0 Å². The van der Waals surface area contributed by atoms with Crippen LogP contribution in [0.5, 0.6) is 0 Å². The molecule has 0 aromatic heterocycles. The summed E-state index contributed by atoms with van der Waals surface area (Å²) < 4.78 is 4.69. The highest BCUT2D eigenvalue weighted by atomic mass is 16.5.